The maximum atomic E-state index is 12.9. The molecular formula is C20H29N7O. The van der Waals surface area contributed by atoms with Crippen LogP contribution in [0.25, 0.3) is 0 Å². The van der Waals surface area contributed by atoms with Gasteiger partial charge in [-0.15, -0.1) is 10.2 Å². The average Bonchev–Trinajstić information content (AvgIpc) is 3.47. The summed E-state index contributed by atoms with van der Waals surface area (Å²) in [5, 5.41) is 13.3. The number of hydrogen-bond acceptors (Lipinski definition) is 5. The number of fused-ring (bicyclic) bond motifs is 1. The van der Waals surface area contributed by atoms with Gasteiger partial charge in [-0.1, -0.05) is 12.8 Å². The molecule has 1 atom stereocenters. The van der Waals surface area contributed by atoms with Crippen LogP contribution in [0, 0.1) is 0 Å². The smallest absolute Gasteiger partial charge is 0.272 e. The minimum Gasteiger partial charge on any atom is -0.337 e. The molecule has 0 bridgehead atoms. The molecule has 0 aromatic carbocycles. The van der Waals surface area contributed by atoms with E-state index in [0.717, 1.165) is 56.7 Å². The van der Waals surface area contributed by atoms with Gasteiger partial charge in [0.15, 0.2) is 0 Å². The van der Waals surface area contributed by atoms with Crippen molar-refractivity contribution in [2.75, 3.05) is 19.6 Å². The van der Waals surface area contributed by atoms with Gasteiger partial charge in [0.1, 0.15) is 17.3 Å². The average molecular weight is 384 g/mol. The zero-order valence-corrected chi connectivity index (χ0v) is 16.6. The van der Waals surface area contributed by atoms with Crippen molar-refractivity contribution in [1.82, 2.24) is 34.3 Å². The number of hydrogen-bond donors (Lipinski definition) is 0. The molecule has 2 aromatic heterocycles. The first kappa shape index (κ1) is 17.8. The fourth-order valence-electron chi connectivity index (χ4n) is 5.20. The van der Waals surface area contributed by atoms with Crippen molar-refractivity contribution in [2.24, 2.45) is 7.05 Å². The topological polar surface area (TPSA) is 72.1 Å². The molecule has 0 spiro atoms. The van der Waals surface area contributed by atoms with Gasteiger partial charge in [0.05, 0.1) is 6.54 Å². The Morgan fingerprint density at radius 1 is 1.07 bits per heavy atom. The SMILES string of the molecule is Cn1nccc1C(=O)N1CCCC(c2nnc3n2CCN(C2CCCC2)C3)C1. The molecule has 1 unspecified atom stereocenters. The van der Waals surface area contributed by atoms with Crippen molar-refractivity contribution in [2.45, 2.75) is 63.6 Å². The van der Waals surface area contributed by atoms with Crippen molar-refractivity contribution in [3.8, 4) is 0 Å². The number of amides is 1. The highest BCUT2D eigenvalue weighted by atomic mass is 16.2. The van der Waals surface area contributed by atoms with E-state index >= 15 is 0 Å². The van der Waals surface area contributed by atoms with Crippen LogP contribution in [0.5, 0.6) is 0 Å². The Morgan fingerprint density at radius 3 is 2.71 bits per heavy atom. The molecule has 1 aliphatic carbocycles. The number of nitrogens with zero attached hydrogens (tertiary/aromatic N) is 7. The van der Waals surface area contributed by atoms with E-state index in [-0.39, 0.29) is 11.8 Å². The van der Waals surface area contributed by atoms with Crippen LogP contribution in [-0.2, 0) is 20.1 Å². The maximum Gasteiger partial charge on any atom is 0.272 e. The maximum absolute atomic E-state index is 12.9. The summed E-state index contributed by atoms with van der Waals surface area (Å²) in [5.41, 5.74) is 0.649. The zero-order chi connectivity index (χ0) is 19.1. The van der Waals surface area contributed by atoms with Crippen LogP contribution in [0.1, 0.15) is 66.6 Å². The lowest BCUT2D eigenvalue weighted by atomic mass is 9.96. The summed E-state index contributed by atoms with van der Waals surface area (Å²) < 4.78 is 3.98. The van der Waals surface area contributed by atoms with E-state index in [0.29, 0.717) is 12.2 Å². The molecule has 0 N–H and O–H groups in total. The predicted octanol–water partition coefficient (Wildman–Crippen LogP) is 1.79. The van der Waals surface area contributed by atoms with Crippen molar-refractivity contribution in [1.29, 1.82) is 0 Å². The Balaban J connectivity index is 1.30. The van der Waals surface area contributed by atoms with E-state index in [4.69, 9.17) is 0 Å². The Hall–Kier alpha value is -2.22. The van der Waals surface area contributed by atoms with Crippen LogP contribution in [-0.4, -0.2) is 65.9 Å². The first-order valence-electron chi connectivity index (χ1n) is 10.6. The molecule has 1 amide bonds. The molecule has 1 saturated carbocycles. The number of carbonyl (C=O) groups is 1. The fourth-order valence-corrected chi connectivity index (χ4v) is 5.20. The largest absolute Gasteiger partial charge is 0.337 e. The fraction of sp³-hybridized carbons (Fsp3) is 0.700. The monoisotopic (exact) mass is 383 g/mol. The van der Waals surface area contributed by atoms with Crippen molar-refractivity contribution in [3.63, 3.8) is 0 Å². The molecule has 3 aliphatic rings. The van der Waals surface area contributed by atoms with Crippen molar-refractivity contribution < 1.29 is 4.79 Å². The number of piperidine rings is 1. The van der Waals surface area contributed by atoms with Gasteiger partial charge in [-0.25, -0.2) is 0 Å². The van der Waals surface area contributed by atoms with Gasteiger partial charge in [-0.2, -0.15) is 5.10 Å². The second-order valence-electron chi connectivity index (χ2n) is 8.47. The summed E-state index contributed by atoms with van der Waals surface area (Å²) in [4.78, 5) is 17.4. The number of aromatic nitrogens is 5. The molecule has 2 aromatic rings. The van der Waals surface area contributed by atoms with E-state index in [1.54, 1.807) is 16.9 Å². The summed E-state index contributed by atoms with van der Waals surface area (Å²) in [6.07, 6.45) is 9.14. The van der Waals surface area contributed by atoms with E-state index in [1.165, 1.54) is 25.7 Å². The molecule has 5 rings (SSSR count). The molecule has 0 radical (unpaired) electrons. The van der Waals surface area contributed by atoms with Gasteiger partial charge in [0, 0.05) is 51.4 Å². The predicted molar refractivity (Wildman–Crippen MR) is 104 cm³/mol. The third-order valence-electron chi connectivity index (χ3n) is 6.77. The van der Waals surface area contributed by atoms with Gasteiger partial charge in [-0.05, 0) is 31.7 Å². The number of carbonyl (C=O) groups excluding carboxylic acids is 1. The van der Waals surface area contributed by atoms with Gasteiger partial charge < -0.3 is 9.47 Å². The summed E-state index contributed by atoms with van der Waals surface area (Å²) in [5.74, 6) is 2.51. The summed E-state index contributed by atoms with van der Waals surface area (Å²) in [6.45, 7) is 4.50. The first-order chi connectivity index (χ1) is 13.7. The Bertz CT molecular complexity index is 851. The van der Waals surface area contributed by atoms with Gasteiger partial charge in [-0.3, -0.25) is 14.4 Å². The summed E-state index contributed by atoms with van der Waals surface area (Å²) in [6, 6.07) is 2.53. The molecule has 1 saturated heterocycles. The van der Waals surface area contributed by atoms with E-state index in [9.17, 15) is 4.79 Å². The summed E-state index contributed by atoms with van der Waals surface area (Å²) >= 11 is 0. The molecule has 4 heterocycles. The van der Waals surface area contributed by atoms with Crippen LogP contribution >= 0.6 is 0 Å². The Kier molecular flexibility index (Phi) is 4.66. The number of rotatable bonds is 3. The first-order valence-corrected chi connectivity index (χ1v) is 10.6. The molecule has 8 nitrogen and oxygen atoms in total. The second-order valence-corrected chi connectivity index (χ2v) is 8.47. The number of likely N-dealkylation sites (tertiary alicyclic amines) is 1. The van der Waals surface area contributed by atoms with E-state index in [1.807, 2.05) is 11.9 Å². The molecular weight excluding hydrogens is 354 g/mol. The quantitative estimate of drug-likeness (QED) is 0.808. The Labute approximate surface area is 165 Å². The third-order valence-corrected chi connectivity index (χ3v) is 6.77. The van der Waals surface area contributed by atoms with Crippen LogP contribution in [0.4, 0.5) is 0 Å². The van der Waals surface area contributed by atoms with Crippen molar-refractivity contribution in [3.05, 3.63) is 29.6 Å². The van der Waals surface area contributed by atoms with Crippen LogP contribution in [0.2, 0.25) is 0 Å². The van der Waals surface area contributed by atoms with Crippen molar-refractivity contribution >= 4 is 5.91 Å². The Morgan fingerprint density at radius 2 is 1.93 bits per heavy atom. The van der Waals surface area contributed by atoms with Crippen LogP contribution in [0.15, 0.2) is 12.3 Å². The normalized spacial score (nSPS) is 23.9. The lowest BCUT2D eigenvalue weighted by Crippen LogP contribution is -2.42. The minimum absolute atomic E-state index is 0.0653. The highest BCUT2D eigenvalue weighted by molar-refractivity contribution is 5.92. The van der Waals surface area contributed by atoms with Crippen LogP contribution < -0.4 is 0 Å². The highest BCUT2D eigenvalue weighted by Gasteiger charge is 2.33. The molecule has 2 aliphatic heterocycles. The minimum atomic E-state index is 0.0653. The second kappa shape index (κ2) is 7.31. The standard InChI is InChI=1S/C20H29N7O/c1-24-17(8-9-21-24)20(28)26-10-4-5-15(13-26)19-23-22-18-14-25(11-12-27(18)19)16-6-2-3-7-16/h8-9,15-16H,2-7,10-14H2,1H3. The lowest BCUT2D eigenvalue weighted by molar-refractivity contribution is 0.0690. The lowest BCUT2D eigenvalue weighted by Gasteiger charge is -2.35. The van der Waals surface area contributed by atoms with E-state index < -0.39 is 0 Å². The molecule has 2 fully saturated rings. The van der Waals surface area contributed by atoms with Crippen LogP contribution in [0.3, 0.4) is 0 Å². The number of aryl methyl sites for hydroxylation is 1. The van der Waals surface area contributed by atoms with E-state index in [2.05, 4.69) is 24.8 Å². The van der Waals surface area contributed by atoms with Gasteiger partial charge in [0.2, 0.25) is 0 Å². The highest BCUT2D eigenvalue weighted by Crippen LogP contribution is 2.30. The van der Waals surface area contributed by atoms with Gasteiger partial charge in [0.25, 0.3) is 5.91 Å². The zero-order valence-electron chi connectivity index (χ0n) is 16.6. The third kappa shape index (κ3) is 3.13. The molecule has 150 valence electrons. The summed E-state index contributed by atoms with van der Waals surface area (Å²) in [7, 11) is 1.82. The molecule has 8 heteroatoms. The van der Waals surface area contributed by atoms with Gasteiger partial charge >= 0.3 is 0 Å². The molecule has 28 heavy (non-hydrogen) atoms.